The van der Waals surface area contributed by atoms with Gasteiger partial charge in [-0.3, -0.25) is 4.79 Å². The SMILES string of the molecule is C=CC(=O)N1C[C@H](C)N(c2nc(OCC3(CN(C)C)CC3)nc3c2CCN(c2cccc4ccc(F)c(Cl)c24)C3)C[C@@H]1C. The molecule has 1 saturated heterocycles. The van der Waals surface area contributed by atoms with Crippen LogP contribution in [0.25, 0.3) is 10.8 Å². The predicted molar refractivity (Wildman–Crippen MR) is 170 cm³/mol. The van der Waals surface area contributed by atoms with E-state index in [0.29, 0.717) is 50.6 Å². The van der Waals surface area contributed by atoms with Crippen molar-refractivity contribution >= 4 is 39.8 Å². The van der Waals surface area contributed by atoms with Crippen LogP contribution >= 0.6 is 11.6 Å². The highest BCUT2D eigenvalue weighted by molar-refractivity contribution is 6.36. The molecule has 1 amide bonds. The van der Waals surface area contributed by atoms with Crippen LogP contribution in [-0.4, -0.2) is 84.6 Å². The molecule has 0 bridgehead atoms. The first-order valence-electron chi connectivity index (χ1n) is 15.1. The standard InChI is InChI=1S/C33H40ClFN6O2/c1-6-28(42)40-16-22(3)41(17-21(40)2)31-24-12-15-39(27-9-7-8-23-10-11-25(35)30(34)29(23)27)18-26(24)36-32(37-31)43-20-33(13-14-33)19-38(4)5/h6-11,21-22H,1,12-20H2,2-5H3/t21-,22-/m0/s1. The van der Waals surface area contributed by atoms with Crippen molar-refractivity contribution in [3.8, 4) is 6.01 Å². The molecule has 1 saturated carbocycles. The Morgan fingerprint density at radius 3 is 2.70 bits per heavy atom. The van der Waals surface area contributed by atoms with Gasteiger partial charge in [0.25, 0.3) is 0 Å². The van der Waals surface area contributed by atoms with Crippen LogP contribution in [0.15, 0.2) is 43.0 Å². The van der Waals surface area contributed by atoms with Gasteiger partial charge in [-0.2, -0.15) is 9.97 Å². The minimum Gasteiger partial charge on any atom is -0.463 e. The van der Waals surface area contributed by atoms with Crippen LogP contribution in [0.5, 0.6) is 6.01 Å². The van der Waals surface area contributed by atoms with Crippen LogP contribution in [0.4, 0.5) is 15.9 Å². The zero-order valence-corrected chi connectivity index (χ0v) is 26.2. The van der Waals surface area contributed by atoms with E-state index >= 15 is 0 Å². The van der Waals surface area contributed by atoms with Gasteiger partial charge in [-0.25, -0.2) is 4.39 Å². The Bertz CT molecular complexity index is 1560. The summed E-state index contributed by atoms with van der Waals surface area (Å²) >= 11 is 6.51. The van der Waals surface area contributed by atoms with Gasteiger partial charge in [-0.15, -0.1) is 0 Å². The molecule has 0 N–H and O–H groups in total. The van der Waals surface area contributed by atoms with Crippen LogP contribution in [0, 0.1) is 11.2 Å². The Labute approximate surface area is 258 Å². The summed E-state index contributed by atoms with van der Waals surface area (Å²) in [5.74, 6) is 0.400. The molecule has 2 aromatic carbocycles. The molecule has 10 heteroatoms. The van der Waals surface area contributed by atoms with Crippen molar-refractivity contribution in [3.63, 3.8) is 0 Å². The van der Waals surface area contributed by atoms with E-state index in [2.05, 4.69) is 49.2 Å². The van der Waals surface area contributed by atoms with Crippen LogP contribution in [0.3, 0.4) is 0 Å². The number of halogens is 2. The zero-order valence-electron chi connectivity index (χ0n) is 25.4. The summed E-state index contributed by atoms with van der Waals surface area (Å²) in [6, 6.07) is 9.54. The van der Waals surface area contributed by atoms with E-state index in [9.17, 15) is 9.18 Å². The maximum absolute atomic E-state index is 14.6. The van der Waals surface area contributed by atoms with Crippen molar-refractivity contribution in [1.82, 2.24) is 19.8 Å². The molecule has 0 radical (unpaired) electrons. The fourth-order valence-corrected chi connectivity index (χ4v) is 6.98. The second kappa shape index (κ2) is 11.6. The Balaban J connectivity index is 1.36. The molecule has 3 aliphatic rings. The number of nitrogens with zero attached hydrogens (tertiary/aromatic N) is 6. The second-order valence-electron chi connectivity index (χ2n) is 12.7. The van der Waals surface area contributed by atoms with Crippen LogP contribution in [0.1, 0.15) is 37.9 Å². The molecule has 228 valence electrons. The summed E-state index contributed by atoms with van der Waals surface area (Å²) in [6.07, 6.45) is 4.36. The number of piperazine rings is 1. The minimum absolute atomic E-state index is 0.000631. The number of benzene rings is 2. The van der Waals surface area contributed by atoms with Crippen molar-refractivity contribution in [3.05, 3.63) is 65.1 Å². The largest absolute Gasteiger partial charge is 0.463 e. The Hall–Kier alpha value is -3.43. The van der Waals surface area contributed by atoms with Crippen molar-refractivity contribution in [2.45, 2.75) is 51.7 Å². The molecule has 43 heavy (non-hydrogen) atoms. The lowest BCUT2D eigenvalue weighted by atomic mass is 10.0. The molecule has 3 aromatic rings. The average molecular weight is 607 g/mol. The highest BCUT2D eigenvalue weighted by Crippen LogP contribution is 2.46. The number of rotatable bonds is 8. The van der Waals surface area contributed by atoms with Gasteiger partial charge < -0.3 is 24.3 Å². The van der Waals surface area contributed by atoms with Crippen molar-refractivity contribution in [2.24, 2.45) is 5.41 Å². The molecule has 0 spiro atoms. The summed E-state index contributed by atoms with van der Waals surface area (Å²) in [5, 5.41) is 1.74. The van der Waals surface area contributed by atoms with E-state index in [1.165, 1.54) is 12.1 Å². The molecular weight excluding hydrogens is 567 g/mol. The number of hydrogen-bond donors (Lipinski definition) is 0. The van der Waals surface area contributed by atoms with E-state index in [-0.39, 0.29) is 28.4 Å². The summed E-state index contributed by atoms with van der Waals surface area (Å²) < 4.78 is 20.9. The summed E-state index contributed by atoms with van der Waals surface area (Å²) in [5.41, 5.74) is 3.02. The quantitative estimate of drug-likeness (QED) is 0.322. The van der Waals surface area contributed by atoms with Crippen molar-refractivity contribution in [1.29, 1.82) is 0 Å². The number of aromatic nitrogens is 2. The maximum Gasteiger partial charge on any atom is 0.318 e. The van der Waals surface area contributed by atoms with Gasteiger partial charge in [0, 0.05) is 60.3 Å². The lowest BCUT2D eigenvalue weighted by molar-refractivity contribution is -0.128. The first kappa shape index (κ1) is 29.6. The monoisotopic (exact) mass is 606 g/mol. The van der Waals surface area contributed by atoms with Crippen LogP contribution in [-0.2, 0) is 17.8 Å². The second-order valence-corrected chi connectivity index (χ2v) is 13.1. The smallest absolute Gasteiger partial charge is 0.318 e. The summed E-state index contributed by atoms with van der Waals surface area (Å²) in [6.45, 7) is 11.9. The normalized spacial score (nSPS) is 21.2. The van der Waals surface area contributed by atoms with Gasteiger partial charge in [-0.05, 0) is 70.8 Å². The number of fused-ring (bicyclic) bond motifs is 2. The molecular formula is C33H40ClFN6O2. The highest BCUT2D eigenvalue weighted by Gasteiger charge is 2.44. The maximum atomic E-state index is 14.6. The highest BCUT2D eigenvalue weighted by atomic mass is 35.5. The van der Waals surface area contributed by atoms with Crippen molar-refractivity contribution in [2.75, 3.05) is 56.7 Å². The topological polar surface area (TPSA) is 65.0 Å². The van der Waals surface area contributed by atoms with E-state index < -0.39 is 5.82 Å². The fourth-order valence-electron chi connectivity index (χ4n) is 6.71. The molecule has 1 aliphatic carbocycles. The first-order valence-corrected chi connectivity index (χ1v) is 15.5. The number of amides is 1. The summed E-state index contributed by atoms with van der Waals surface area (Å²) in [7, 11) is 4.18. The summed E-state index contributed by atoms with van der Waals surface area (Å²) in [4.78, 5) is 31.1. The number of carbonyl (C=O) groups excluding carboxylic acids is 1. The van der Waals surface area contributed by atoms with Gasteiger partial charge in [0.1, 0.15) is 11.6 Å². The van der Waals surface area contributed by atoms with E-state index in [4.69, 9.17) is 26.3 Å². The van der Waals surface area contributed by atoms with Gasteiger partial charge in [0.05, 0.1) is 23.9 Å². The van der Waals surface area contributed by atoms with Crippen LogP contribution < -0.4 is 14.5 Å². The van der Waals surface area contributed by atoms with E-state index in [1.807, 2.05) is 23.1 Å². The number of hydrogen-bond acceptors (Lipinski definition) is 7. The van der Waals surface area contributed by atoms with Crippen molar-refractivity contribution < 1.29 is 13.9 Å². The average Bonchev–Trinajstić information content (AvgIpc) is 3.76. The number of anilines is 2. The minimum atomic E-state index is -0.428. The van der Waals surface area contributed by atoms with E-state index in [0.717, 1.165) is 47.5 Å². The Morgan fingerprint density at radius 1 is 1.19 bits per heavy atom. The fraction of sp³-hybridized carbons (Fsp3) is 0.485. The number of ether oxygens (including phenoxy) is 1. The molecule has 2 fully saturated rings. The Morgan fingerprint density at radius 2 is 1.98 bits per heavy atom. The molecule has 6 rings (SSSR count). The van der Waals surface area contributed by atoms with Crippen LogP contribution in [0.2, 0.25) is 5.02 Å². The van der Waals surface area contributed by atoms with E-state index in [1.54, 1.807) is 6.07 Å². The predicted octanol–water partition coefficient (Wildman–Crippen LogP) is 5.32. The molecule has 1 aromatic heterocycles. The molecule has 2 atom stereocenters. The molecule has 8 nitrogen and oxygen atoms in total. The third kappa shape index (κ3) is 5.77. The first-order chi connectivity index (χ1) is 20.6. The lowest BCUT2D eigenvalue weighted by Crippen LogP contribution is -2.58. The van der Waals surface area contributed by atoms with Gasteiger partial charge >= 0.3 is 6.01 Å². The number of carbonyl (C=O) groups is 1. The third-order valence-corrected chi connectivity index (χ3v) is 9.48. The third-order valence-electron chi connectivity index (χ3n) is 9.11. The molecule has 0 unspecified atom stereocenters. The van der Waals surface area contributed by atoms with Gasteiger partial charge in [0.2, 0.25) is 5.91 Å². The van der Waals surface area contributed by atoms with Gasteiger partial charge in [0.15, 0.2) is 0 Å². The lowest BCUT2D eigenvalue weighted by Gasteiger charge is -2.45. The molecule has 2 aliphatic heterocycles. The molecule has 3 heterocycles. The Kier molecular flexibility index (Phi) is 7.98. The van der Waals surface area contributed by atoms with Gasteiger partial charge in [-0.1, -0.05) is 36.4 Å². The zero-order chi connectivity index (χ0) is 30.5.